The predicted molar refractivity (Wildman–Crippen MR) is 76.5 cm³/mol. The smallest absolute Gasteiger partial charge is 0.428 e. The molecule has 0 aliphatic heterocycles. The van der Waals surface area contributed by atoms with Crippen molar-refractivity contribution in [3.05, 3.63) is 0 Å². The summed E-state index contributed by atoms with van der Waals surface area (Å²) in [6, 6.07) is 0. The van der Waals surface area contributed by atoms with E-state index >= 15 is 0 Å². The number of carbonyl (C=O) groups excluding carboxylic acids is 2. The molecule has 0 saturated heterocycles. The fourth-order valence-electron chi connectivity index (χ4n) is 2.87. The third-order valence-electron chi connectivity index (χ3n) is 4.18. The molecular weight excluding hydrogens is 486 g/mol. The maximum atomic E-state index is 11.5. The number of rotatable bonds is 4. The maximum absolute atomic E-state index is 11.5. The van der Waals surface area contributed by atoms with Crippen LogP contribution in [0.5, 0.6) is 0 Å². The molecule has 10 heteroatoms. The van der Waals surface area contributed by atoms with Crippen molar-refractivity contribution in [3.8, 4) is 0 Å². The molecule has 0 heterocycles. The summed E-state index contributed by atoms with van der Waals surface area (Å²) < 4.78 is 19.2. The summed E-state index contributed by atoms with van der Waals surface area (Å²) in [6.45, 7) is -0.636. The Kier molecular flexibility index (Phi) is 14.1. The number of aliphatic hydroxyl groups is 2. The van der Waals surface area contributed by atoms with Crippen LogP contribution in [0.15, 0.2) is 0 Å². The molecular formula is C15H24O8Y2. The molecule has 4 unspecified atom stereocenters. The third kappa shape index (κ3) is 9.43. The molecule has 2 rings (SSSR count). The van der Waals surface area contributed by atoms with Gasteiger partial charge >= 0.3 is 12.3 Å². The van der Waals surface area contributed by atoms with Crippen LogP contribution in [0.2, 0.25) is 0 Å². The third-order valence-corrected chi connectivity index (χ3v) is 4.18. The minimum atomic E-state index is -0.999. The standard InChI is InChI=1S/C15H24O8.2Y/c16-10-5-1-3-7-12(10)22-14(18)20-9-21-15(19)23-13-8-4-2-6-11(13)17;;/h10-13,16-17H,1-9H2;;. The normalized spacial score (nSPS) is 28.6. The summed E-state index contributed by atoms with van der Waals surface area (Å²) in [7, 11) is 0. The molecule has 2 aliphatic carbocycles. The van der Waals surface area contributed by atoms with Crippen molar-refractivity contribution in [2.24, 2.45) is 0 Å². The van der Waals surface area contributed by atoms with Crippen molar-refractivity contribution in [3.63, 3.8) is 0 Å². The maximum Gasteiger partial charge on any atom is 0.511 e. The average Bonchev–Trinajstić information content (AvgIpc) is 2.52. The van der Waals surface area contributed by atoms with E-state index in [1.54, 1.807) is 0 Å². The molecule has 0 aromatic rings. The van der Waals surface area contributed by atoms with Gasteiger partial charge in [-0.2, -0.15) is 0 Å². The molecule has 25 heavy (non-hydrogen) atoms. The van der Waals surface area contributed by atoms with Crippen LogP contribution in [0.4, 0.5) is 9.59 Å². The summed E-state index contributed by atoms with van der Waals surface area (Å²) in [5, 5.41) is 19.4. The molecule has 0 aromatic carbocycles. The Balaban J connectivity index is 0.00000288. The van der Waals surface area contributed by atoms with Crippen LogP contribution in [0.3, 0.4) is 0 Å². The van der Waals surface area contributed by atoms with Crippen molar-refractivity contribution < 1.29 is 104 Å². The molecule has 2 fully saturated rings. The van der Waals surface area contributed by atoms with Crippen LogP contribution in [-0.2, 0) is 84.4 Å². The van der Waals surface area contributed by atoms with Gasteiger partial charge in [-0.15, -0.1) is 0 Å². The van der Waals surface area contributed by atoms with Crippen molar-refractivity contribution in [1.82, 2.24) is 0 Å². The van der Waals surface area contributed by atoms with Crippen LogP contribution < -0.4 is 0 Å². The Hall–Kier alpha value is 0.668. The quantitative estimate of drug-likeness (QED) is 0.436. The zero-order valence-corrected chi connectivity index (χ0v) is 19.8. The fraction of sp³-hybridized carbons (Fsp3) is 0.867. The number of aliphatic hydroxyl groups excluding tert-OH is 2. The number of ether oxygens (including phenoxy) is 4. The Labute approximate surface area is 197 Å². The molecule has 2 aliphatic rings. The first kappa shape index (κ1) is 25.7. The van der Waals surface area contributed by atoms with E-state index in [0.29, 0.717) is 25.7 Å². The topological polar surface area (TPSA) is 112 Å². The van der Waals surface area contributed by atoms with Crippen LogP contribution in [-0.4, -0.2) is 53.7 Å². The Bertz CT molecular complexity index is 373. The largest absolute Gasteiger partial charge is 0.511 e. The van der Waals surface area contributed by atoms with Crippen molar-refractivity contribution in [1.29, 1.82) is 0 Å². The number of carbonyl (C=O) groups is 2. The van der Waals surface area contributed by atoms with Gasteiger partial charge in [0.25, 0.3) is 0 Å². The summed E-state index contributed by atoms with van der Waals surface area (Å²) >= 11 is 0. The number of hydrogen-bond donors (Lipinski definition) is 2. The van der Waals surface area contributed by atoms with E-state index in [2.05, 4.69) is 9.47 Å². The van der Waals surface area contributed by atoms with E-state index in [0.717, 1.165) is 25.7 Å². The Morgan fingerprint density at radius 3 is 1.44 bits per heavy atom. The van der Waals surface area contributed by atoms with Crippen molar-refractivity contribution in [2.75, 3.05) is 6.79 Å². The summed E-state index contributed by atoms with van der Waals surface area (Å²) in [4.78, 5) is 22.9. The van der Waals surface area contributed by atoms with Gasteiger partial charge in [0, 0.05) is 65.4 Å². The van der Waals surface area contributed by atoms with Gasteiger partial charge < -0.3 is 29.2 Å². The zero-order valence-electron chi connectivity index (χ0n) is 14.2. The van der Waals surface area contributed by atoms with Gasteiger partial charge in [0.05, 0.1) is 12.2 Å². The molecule has 2 radical (unpaired) electrons. The van der Waals surface area contributed by atoms with E-state index in [1.807, 2.05) is 0 Å². The Morgan fingerprint density at radius 1 is 0.720 bits per heavy atom. The predicted octanol–water partition coefficient (Wildman–Crippen LogP) is 1.85. The van der Waals surface area contributed by atoms with E-state index in [9.17, 15) is 19.8 Å². The molecule has 2 saturated carbocycles. The zero-order chi connectivity index (χ0) is 16.7. The van der Waals surface area contributed by atoms with Crippen LogP contribution >= 0.6 is 0 Å². The first-order chi connectivity index (χ1) is 11.1. The van der Waals surface area contributed by atoms with Gasteiger partial charge in [0.1, 0.15) is 12.2 Å². The number of hydrogen-bond acceptors (Lipinski definition) is 8. The Morgan fingerprint density at radius 2 is 1.08 bits per heavy atom. The van der Waals surface area contributed by atoms with Crippen LogP contribution in [0.1, 0.15) is 51.4 Å². The van der Waals surface area contributed by atoms with Crippen molar-refractivity contribution >= 4 is 12.3 Å². The van der Waals surface area contributed by atoms with Gasteiger partial charge in [-0.1, -0.05) is 12.8 Å². The van der Waals surface area contributed by atoms with E-state index in [-0.39, 0.29) is 65.4 Å². The molecule has 4 atom stereocenters. The minimum Gasteiger partial charge on any atom is -0.428 e. The van der Waals surface area contributed by atoms with Gasteiger partial charge in [0.15, 0.2) is 0 Å². The van der Waals surface area contributed by atoms with E-state index in [4.69, 9.17) is 9.47 Å². The monoisotopic (exact) mass is 510 g/mol. The second-order valence-corrected chi connectivity index (χ2v) is 5.92. The van der Waals surface area contributed by atoms with Gasteiger partial charge in [-0.25, -0.2) is 9.59 Å². The second-order valence-electron chi connectivity index (χ2n) is 5.92. The van der Waals surface area contributed by atoms with Crippen LogP contribution in [0, 0.1) is 0 Å². The SMILES string of the molecule is O=C(OCOC(=O)OC1CCCCC1O)OC1CCCCC1O.[Y].[Y]. The summed E-state index contributed by atoms with van der Waals surface area (Å²) in [5.74, 6) is 0. The minimum absolute atomic E-state index is 0. The molecule has 0 bridgehead atoms. The average molecular weight is 510 g/mol. The summed E-state index contributed by atoms with van der Waals surface area (Å²) in [6.07, 6.45) is 1.36. The molecule has 2 N–H and O–H groups in total. The fourth-order valence-corrected chi connectivity index (χ4v) is 2.87. The molecule has 0 spiro atoms. The van der Waals surface area contributed by atoms with Crippen molar-refractivity contribution in [2.45, 2.75) is 75.8 Å². The van der Waals surface area contributed by atoms with Gasteiger partial charge in [-0.3, -0.25) is 0 Å². The van der Waals surface area contributed by atoms with Gasteiger partial charge in [0.2, 0.25) is 6.79 Å². The first-order valence-corrected chi connectivity index (χ1v) is 8.09. The first-order valence-electron chi connectivity index (χ1n) is 8.09. The molecule has 0 amide bonds. The van der Waals surface area contributed by atoms with Crippen LogP contribution in [0.25, 0.3) is 0 Å². The van der Waals surface area contributed by atoms with E-state index in [1.165, 1.54) is 0 Å². The molecule has 8 nitrogen and oxygen atoms in total. The second kappa shape index (κ2) is 13.8. The molecule has 138 valence electrons. The van der Waals surface area contributed by atoms with Gasteiger partial charge in [-0.05, 0) is 38.5 Å². The molecule has 0 aromatic heterocycles. The summed E-state index contributed by atoms with van der Waals surface area (Å²) in [5.41, 5.74) is 0. The van der Waals surface area contributed by atoms with E-state index < -0.39 is 43.5 Å².